The Morgan fingerprint density at radius 3 is 2.74 bits per heavy atom. The van der Waals surface area contributed by atoms with Gasteiger partial charge in [0.05, 0.1) is 36.0 Å². The van der Waals surface area contributed by atoms with Crippen LogP contribution in [-0.4, -0.2) is 54.7 Å². The summed E-state index contributed by atoms with van der Waals surface area (Å²) in [6.07, 6.45) is 4.52. The lowest BCUT2D eigenvalue weighted by Gasteiger charge is -2.17. The average Bonchev–Trinajstić information content (AvgIpc) is 3.22. The largest absolute Gasteiger partial charge is 0.384 e. The normalized spacial score (nSPS) is 20.3. The maximum Gasteiger partial charge on any atom is 0.223 e. The van der Waals surface area contributed by atoms with E-state index in [9.17, 15) is 13.9 Å². The van der Waals surface area contributed by atoms with Crippen LogP contribution in [0.15, 0.2) is 24.8 Å². The smallest absolute Gasteiger partial charge is 0.223 e. The molecule has 0 saturated carbocycles. The minimum atomic E-state index is -1.17. The van der Waals surface area contributed by atoms with Crippen LogP contribution in [0.2, 0.25) is 0 Å². The van der Waals surface area contributed by atoms with Gasteiger partial charge in [0.2, 0.25) is 5.95 Å². The van der Waals surface area contributed by atoms with Gasteiger partial charge in [-0.15, -0.1) is 0 Å². The van der Waals surface area contributed by atoms with E-state index in [1.165, 1.54) is 12.4 Å². The third kappa shape index (κ3) is 3.33. The highest BCUT2D eigenvalue weighted by atomic mass is 19.1. The van der Waals surface area contributed by atoms with Gasteiger partial charge < -0.3 is 15.7 Å². The molecule has 0 amide bonds. The third-order valence-electron chi connectivity index (χ3n) is 4.46. The Bertz CT molecular complexity index is 985. The number of imidazole rings is 1. The topological polar surface area (TPSA) is 100 Å². The van der Waals surface area contributed by atoms with Gasteiger partial charge in [0, 0.05) is 19.3 Å². The van der Waals surface area contributed by atoms with Gasteiger partial charge in [-0.2, -0.15) is 0 Å². The first-order chi connectivity index (χ1) is 12.8. The van der Waals surface area contributed by atoms with Crippen molar-refractivity contribution in [2.24, 2.45) is 0 Å². The van der Waals surface area contributed by atoms with Gasteiger partial charge >= 0.3 is 0 Å². The van der Waals surface area contributed by atoms with E-state index < -0.39 is 23.6 Å². The van der Waals surface area contributed by atoms with Crippen LogP contribution < -0.4 is 10.6 Å². The molecule has 0 bridgehead atoms. The van der Waals surface area contributed by atoms with Gasteiger partial charge in [-0.3, -0.25) is 9.38 Å². The lowest BCUT2D eigenvalue weighted by atomic mass is 10.1. The summed E-state index contributed by atoms with van der Waals surface area (Å²) in [7, 11) is 0. The van der Waals surface area contributed by atoms with E-state index in [0.717, 1.165) is 6.20 Å². The van der Waals surface area contributed by atoms with E-state index in [1.54, 1.807) is 24.4 Å². The summed E-state index contributed by atoms with van der Waals surface area (Å²) in [5.74, 6) is -0.500. The number of nitrogens with zero attached hydrogens (tertiary/aromatic N) is 5. The Morgan fingerprint density at radius 1 is 1.22 bits per heavy atom. The number of rotatable bonds is 4. The van der Waals surface area contributed by atoms with Gasteiger partial charge in [0.15, 0.2) is 11.5 Å². The van der Waals surface area contributed by atoms with E-state index in [2.05, 4.69) is 30.6 Å². The molecule has 4 heterocycles. The molecule has 2 atom stereocenters. The van der Waals surface area contributed by atoms with Crippen LogP contribution >= 0.6 is 0 Å². The molecule has 0 aromatic carbocycles. The van der Waals surface area contributed by atoms with E-state index in [-0.39, 0.29) is 18.2 Å². The summed E-state index contributed by atoms with van der Waals surface area (Å²) in [6, 6.07) is -0.475. The number of aromatic nitrogens is 5. The van der Waals surface area contributed by atoms with E-state index in [4.69, 9.17) is 0 Å². The highest BCUT2D eigenvalue weighted by Crippen LogP contribution is 2.25. The van der Waals surface area contributed by atoms with Gasteiger partial charge in [-0.05, 0) is 13.8 Å². The van der Waals surface area contributed by atoms with Crippen LogP contribution in [0.3, 0.4) is 0 Å². The van der Waals surface area contributed by atoms with E-state index >= 15 is 0 Å². The molecule has 0 aliphatic carbocycles. The van der Waals surface area contributed by atoms with Crippen molar-refractivity contribution in [1.82, 2.24) is 29.7 Å². The molecule has 3 aromatic heterocycles. The molecule has 4 rings (SSSR count). The predicted molar refractivity (Wildman–Crippen MR) is 94.4 cm³/mol. The molecule has 1 fully saturated rings. The maximum absolute atomic E-state index is 14.4. The molecule has 0 unspecified atom stereocenters. The van der Waals surface area contributed by atoms with E-state index in [0.29, 0.717) is 23.6 Å². The highest BCUT2D eigenvalue weighted by molar-refractivity contribution is 5.61. The first-order valence-electron chi connectivity index (χ1n) is 8.53. The van der Waals surface area contributed by atoms with Crippen molar-refractivity contribution >= 4 is 11.6 Å². The van der Waals surface area contributed by atoms with Crippen LogP contribution in [0.5, 0.6) is 0 Å². The Labute approximate surface area is 153 Å². The van der Waals surface area contributed by atoms with Crippen molar-refractivity contribution in [1.29, 1.82) is 0 Å². The Balaban J connectivity index is 1.75. The molecule has 27 heavy (non-hydrogen) atoms. The molecule has 0 radical (unpaired) electrons. The molecule has 3 aromatic rings. The van der Waals surface area contributed by atoms with E-state index in [1.807, 2.05) is 0 Å². The fourth-order valence-electron chi connectivity index (χ4n) is 2.95. The van der Waals surface area contributed by atoms with Crippen molar-refractivity contribution in [3.8, 4) is 11.4 Å². The first-order valence-corrected chi connectivity index (χ1v) is 8.53. The lowest BCUT2D eigenvalue weighted by molar-refractivity contribution is 0.0734. The fourth-order valence-corrected chi connectivity index (χ4v) is 2.95. The summed E-state index contributed by atoms with van der Waals surface area (Å²) in [6.45, 7) is 3.90. The van der Waals surface area contributed by atoms with Gasteiger partial charge in [-0.25, -0.2) is 23.7 Å². The third-order valence-corrected chi connectivity index (χ3v) is 4.46. The summed E-state index contributed by atoms with van der Waals surface area (Å²) in [5, 5.41) is 16.0. The molecule has 10 heteroatoms. The lowest BCUT2D eigenvalue weighted by Crippen LogP contribution is -2.30. The maximum atomic E-state index is 14.4. The number of alkyl halides is 1. The number of aliphatic hydroxyl groups is 1. The SMILES string of the molecule is CC(C)(O)c1cn2c(-c3nc(N[C@H]4CNC[C@@H]4F)ncc3F)cnc2cn1. The molecule has 0 spiro atoms. The molecular weight excluding hydrogens is 356 g/mol. The second-order valence-corrected chi connectivity index (χ2v) is 7.02. The van der Waals surface area contributed by atoms with Gasteiger partial charge in [-0.1, -0.05) is 0 Å². The number of halogens is 2. The monoisotopic (exact) mass is 375 g/mol. The summed E-state index contributed by atoms with van der Waals surface area (Å²) in [4.78, 5) is 16.5. The minimum Gasteiger partial charge on any atom is -0.384 e. The van der Waals surface area contributed by atoms with Gasteiger partial charge in [0.1, 0.15) is 17.5 Å². The van der Waals surface area contributed by atoms with Crippen molar-refractivity contribution in [2.45, 2.75) is 31.7 Å². The highest BCUT2D eigenvalue weighted by Gasteiger charge is 2.27. The standard InChI is InChI=1S/C17H19F2N7O/c1-17(2,27)13-8-26-12(6-22-14(26)7-21-13)15-10(19)4-23-16(25-15)24-11-5-20-3-9(11)18/h4,6-9,11,20,27H,3,5H2,1-2H3,(H,23,24,25)/t9-,11-/m0/s1. The average molecular weight is 375 g/mol. The number of hydrogen-bond donors (Lipinski definition) is 3. The van der Waals surface area contributed by atoms with Gasteiger partial charge in [0.25, 0.3) is 0 Å². The van der Waals surface area contributed by atoms with Crippen LogP contribution in [0.1, 0.15) is 19.5 Å². The van der Waals surface area contributed by atoms with Crippen LogP contribution in [-0.2, 0) is 5.60 Å². The molecule has 1 saturated heterocycles. The molecule has 1 aliphatic rings. The Hall–Kier alpha value is -2.72. The molecule has 8 nitrogen and oxygen atoms in total. The Morgan fingerprint density at radius 2 is 2.04 bits per heavy atom. The first kappa shape index (κ1) is 17.7. The molecular formula is C17H19F2N7O. The zero-order valence-corrected chi connectivity index (χ0v) is 14.8. The number of nitrogens with one attached hydrogen (secondary N) is 2. The molecule has 1 aliphatic heterocycles. The number of hydrogen-bond acceptors (Lipinski definition) is 7. The second-order valence-electron chi connectivity index (χ2n) is 7.02. The van der Waals surface area contributed by atoms with Crippen molar-refractivity contribution in [2.75, 3.05) is 18.4 Å². The van der Waals surface area contributed by atoms with Crippen LogP contribution in [0.4, 0.5) is 14.7 Å². The zero-order chi connectivity index (χ0) is 19.2. The summed E-state index contributed by atoms with van der Waals surface area (Å²) in [5.41, 5.74) is 0.114. The second kappa shape index (κ2) is 6.46. The van der Waals surface area contributed by atoms with Crippen molar-refractivity contribution < 1.29 is 13.9 Å². The van der Waals surface area contributed by atoms with Crippen LogP contribution in [0.25, 0.3) is 17.0 Å². The Kier molecular flexibility index (Phi) is 4.23. The van der Waals surface area contributed by atoms with Crippen molar-refractivity contribution in [3.63, 3.8) is 0 Å². The van der Waals surface area contributed by atoms with Crippen LogP contribution in [0, 0.1) is 5.82 Å². The minimum absolute atomic E-state index is 0.0225. The fraction of sp³-hybridized carbons (Fsp3) is 0.412. The molecule has 142 valence electrons. The summed E-state index contributed by atoms with van der Waals surface area (Å²) >= 11 is 0. The van der Waals surface area contributed by atoms with Crippen molar-refractivity contribution in [3.05, 3.63) is 36.3 Å². The predicted octanol–water partition coefficient (Wildman–Crippen LogP) is 1.27. The number of anilines is 1. The molecule has 3 N–H and O–H groups in total. The summed E-state index contributed by atoms with van der Waals surface area (Å²) < 4.78 is 29.8. The quantitative estimate of drug-likeness (QED) is 0.631. The number of fused-ring (bicyclic) bond motifs is 1. The zero-order valence-electron chi connectivity index (χ0n) is 14.8.